The molecule has 1 N–H and O–H groups in total. The lowest BCUT2D eigenvalue weighted by Crippen LogP contribution is -1.95. The highest BCUT2D eigenvalue weighted by Gasteiger charge is 2.12. The highest BCUT2D eigenvalue weighted by Crippen LogP contribution is 2.26. The van der Waals surface area contributed by atoms with E-state index >= 15 is 0 Å². The Morgan fingerprint density at radius 3 is 2.93 bits per heavy atom. The van der Waals surface area contributed by atoms with Crippen molar-refractivity contribution in [2.75, 3.05) is 0 Å². The van der Waals surface area contributed by atoms with E-state index in [1.54, 1.807) is 23.8 Å². The lowest BCUT2D eigenvalue weighted by atomic mass is 10.1. The number of hydrogen-bond acceptors (Lipinski definition) is 3. The highest BCUT2D eigenvalue weighted by atomic mass is 32.1. The normalized spacial score (nSPS) is 10.0. The van der Waals surface area contributed by atoms with Crippen molar-refractivity contribution in [2.24, 2.45) is 0 Å². The van der Waals surface area contributed by atoms with Crippen molar-refractivity contribution < 1.29 is 9.90 Å². The molecule has 0 aliphatic carbocycles. The third-order valence-electron chi connectivity index (χ3n) is 1.86. The minimum atomic E-state index is -0.898. The summed E-state index contributed by atoms with van der Waals surface area (Å²) in [4.78, 5) is 14.8. The van der Waals surface area contributed by atoms with Crippen LogP contribution >= 0.6 is 11.3 Å². The molecule has 0 bridgehead atoms. The van der Waals surface area contributed by atoms with Crippen LogP contribution in [0.2, 0.25) is 0 Å². The molecule has 0 fully saturated rings. The Labute approximate surface area is 84.7 Å². The van der Waals surface area contributed by atoms with Crippen molar-refractivity contribution in [1.82, 2.24) is 4.98 Å². The van der Waals surface area contributed by atoms with Gasteiger partial charge in [0.05, 0.1) is 5.56 Å². The molecule has 0 atom stereocenters. The summed E-state index contributed by atoms with van der Waals surface area (Å²) in [5.41, 5.74) is 1.91. The molecule has 0 aliphatic heterocycles. The number of carbonyl (C=O) groups is 1. The lowest BCUT2D eigenvalue weighted by Gasteiger charge is -1.98. The van der Waals surface area contributed by atoms with Crippen molar-refractivity contribution in [1.29, 1.82) is 0 Å². The van der Waals surface area contributed by atoms with Gasteiger partial charge in [0.1, 0.15) is 0 Å². The number of aromatic carboxylic acids is 1. The van der Waals surface area contributed by atoms with Crippen LogP contribution < -0.4 is 0 Å². The minimum Gasteiger partial charge on any atom is -0.478 e. The first-order valence-electron chi connectivity index (χ1n) is 3.99. The zero-order chi connectivity index (χ0) is 9.97. The number of rotatable bonds is 2. The highest BCUT2D eigenvalue weighted by molar-refractivity contribution is 7.08. The van der Waals surface area contributed by atoms with Gasteiger partial charge in [-0.3, -0.25) is 4.98 Å². The van der Waals surface area contributed by atoms with Gasteiger partial charge in [0.2, 0.25) is 0 Å². The molecule has 0 aromatic carbocycles. The first-order chi connectivity index (χ1) is 6.79. The second-order valence-corrected chi connectivity index (χ2v) is 3.49. The summed E-state index contributed by atoms with van der Waals surface area (Å²) >= 11 is 1.38. The van der Waals surface area contributed by atoms with Crippen LogP contribution in [0.4, 0.5) is 0 Å². The zero-order valence-corrected chi connectivity index (χ0v) is 7.99. The molecule has 2 aromatic rings. The van der Waals surface area contributed by atoms with Crippen molar-refractivity contribution in [3.63, 3.8) is 0 Å². The van der Waals surface area contributed by atoms with Crippen molar-refractivity contribution in [2.45, 2.75) is 0 Å². The van der Waals surface area contributed by atoms with Crippen LogP contribution in [0.1, 0.15) is 10.4 Å². The summed E-state index contributed by atoms with van der Waals surface area (Å²) in [6, 6.07) is 3.64. The SMILES string of the molecule is O=C(O)c1cscc1-c1cccnc1. The van der Waals surface area contributed by atoms with E-state index in [0.717, 1.165) is 11.1 Å². The Hall–Kier alpha value is -1.68. The number of hydrogen-bond donors (Lipinski definition) is 1. The van der Waals surface area contributed by atoms with Crippen molar-refractivity contribution >= 4 is 17.3 Å². The molecule has 0 spiro atoms. The van der Waals surface area contributed by atoms with E-state index in [0.29, 0.717) is 5.56 Å². The summed E-state index contributed by atoms with van der Waals surface area (Å²) in [6.07, 6.45) is 3.32. The molecule has 0 saturated carbocycles. The van der Waals surface area contributed by atoms with E-state index in [2.05, 4.69) is 4.98 Å². The molecular formula is C10H7NO2S. The molecule has 0 saturated heterocycles. The summed E-state index contributed by atoms with van der Waals surface area (Å²) < 4.78 is 0. The molecule has 2 heterocycles. The molecule has 0 amide bonds. The van der Waals surface area contributed by atoms with Gasteiger partial charge in [0, 0.05) is 28.9 Å². The van der Waals surface area contributed by atoms with Gasteiger partial charge in [-0.15, -0.1) is 0 Å². The maximum atomic E-state index is 10.8. The molecule has 4 heteroatoms. The Morgan fingerprint density at radius 1 is 1.43 bits per heavy atom. The maximum Gasteiger partial charge on any atom is 0.337 e. The van der Waals surface area contributed by atoms with Gasteiger partial charge in [0.25, 0.3) is 0 Å². The third-order valence-corrected chi connectivity index (χ3v) is 2.61. The first kappa shape index (κ1) is 8.90. The number of carboxylic acids is 1. The molecule has 14 heavy (non-hydrogen) atoms. The average molecular weight is 205 g/mol. The Kier molecular flexibility index (Phi) is 2.28. The second kappa shape index (κ2) is 3.59. The molecule has 0 aliphatic rings. The topological polar surface area (TPSA) is 50.2 Å². The smallest absolute Gasteiger partial charge is 0.337 e. The van der Waals surface area contributed by atoms with E-state index in [1.807, 2.05) is 11.4 Å². The number of carboxylic acid groups (broad SMARTS) is 1. The number of aromatic nitrogens is 1. The molecule has 0 unspecified atom stereocenters. The van der Waals surface area contributed by atoms with Gasteiger partial charge >= 0.3 is 5.97 Å². The predicted octanol–water partition coefficient (Wildman–Crippen LogP) is 2.51. The fraction of sp³-hybridized carbons (Fsp3) is 0. The van der Waals surface area contributed by atoms with Gasteiger partial charge in [0.15, 0.2) is 0 Å². The van der Waals surface area contributed by atoms with Gasteiger partial charge in [-0.1, -0.05) is 6.07 Å². The van der Waals surface area contributed by atoms with E-state index in [9.17, 15) is 4.79 Å². The standard InChI is InChI=1S/C10H7NO2S/c12-10(13)9-6-14-5-8(9)7-2-1-3-11-4-7/h1-6H,(H,12,13). The van der Waals surface area contributed by atoms with Crippen LogP contribution in [0, 0.1) is 0 Å². The van der Waals surface area contributed by atoms with E-state index in [1.165, 1.54) is 11.3 Å². The Morgan fingerprint density at radius 2 is 2.29 bits per heavy atom. The molecule has 2 rings (SSSR count). The van der Waals surface area contributed by atoms with Gasteiger partial charge in [-0.25, -0.2) is 4.79 Å². The van der Waals surface area contributed by atoms with Crippen LogP contribution in [-0.2, 0) is 0 Å². The summed E-state index contributed by atoms with van der Waals surface area (Å²) in [5, 5.41) is 12.4. The van der Waals surface area contributed by atoms with Gasteiger partial charge < -0.3 is 5.11 Å². The predicted molar refractivity (Wildman–Crippen MR) is 54.5 cm³/mol. The number of nitrogens with zero attached hydrogens (tertiary/aromatic N) is 1. The molecular weight excluding hydrogens is 198 g/mol. The zero-order valence-electron chi connectivity index (χ0n) is 7.18. The molecule has 2 aromatic heterocycles. The number of thiophene rings is 1. The van der Waals surface area contributed by atoms with Crippen LogP contribution in [0.5, 0.6) is 0 Å². The third kappa shape index (κ3) is 1.52. The summed E-state index contributed by atoms with van der Waals surface area (Å²) in [7, 11) is 0. The van der Waals surface area contributed by atoms with Crippen LogP contribution in [0.25, 0.3) is 11.1 Å². The van der Waals surface area contributed by atoms with Crippen LogP contribution in [0.3, 0.4) is 0 Å². The molecule has 3 nitrogen and oxygen atoms in total. The second-order valence-electron chi connectivity index (χ2n) is 2.75. The van der Waals surface area contributed by atoms with E-state index in [4.69, 9.17) is 5.11 Å². The van der Waals surface area contributed by atoms with E-state index < -0.39 is 5.97 Å². The quantitative estimate of drug-likeness (QED) is 0.819. The average Bonchev–Trinajstić information content (AvgIpc) is 2.67. The maximum absolute atomic E-state index is 10.8. The van der Waals surface area contributed by atoms with Gasteiger partial charge in [-0.2, -0.15) is 11.3 Å². The minimum absolute atomic E-state index is 0.336. The number of pyridine rings is 1. The largest absolute Gasteiger partial charge is 0.478 e. The fourth-order valence-electron chi connectivity index (χ4n) is 1.21. The summed E-state index contributed by atoms with van der Waals surface area (Å²) in [6.45, 7) is 0. The molecule has 70 valence electrons. The Bertz CT molecular complexity index is 450. The Balaban J connectivity index is 2.52. The fourth-order valence-corrected chi connectivity index (χ4v) is 2.04. The monoisotopic (exact) mass is 205 g/mol. The van der Waals surface area contributed by atoms with Crippen molar-refractivity contribution in [3.05, 3.63) is 40.8 Å². The molecule has 0 radical (unpaired) electrons. The first-order valence-corrected chi connectivity index (χ1v) is 4.93. The lowest BCUT2D eigenvalue weighted by molar-refractivity contribution is 0.0698. The van der Waals surface area contributed by atoms with Crippen LogP contribution in [-0.4, -0.2) is 16.1 Å². The van der Waals surface area contributed by atoms with Gasteiger partial charge in [-0.05, 0) is 11.4 Å². The summed E-state index contributed by atoms with van der Waals surface area (Å²) in [5.74, 6) is -0.898. The van der Waals surface area contributed by atoms with Crippen LogP contribution in [0.15, 0.2) is 35.3 Å². The van der Waals surface area contributed by atoms with Crippen molar-refractivity contribution in [3.8, 4) is 11.1 Å². The van der Waals surface area contributed by atoms with E-state index in [-0.39, 0.29) is 0 Å².